The van der Waals surface area contributed by atoms with Gasteiger partial charge in [0.2, 0.25) is 10.0 Å². The normalized spacial score (nSPS) is 35.3. The van der Waals surface area contributed by atoms with Crippen LogP contribution in [0.5, 0.6) is 5.75 Å². The maximum Gasteiger partial charge on any atom is 0.264 e. The second-order valence-electron chi connectivity index (χ2n) is 18.0. The van der Waals surface area contributed by atoms with Crippen molar-refractivity contribution in [3.63, 3.8) is 0 Å². The van der Waals surface area contributed by atoms with Gasteiger partial charge in [0.1, 0.15) is 11.4 Å². The van der Waals surface area contributed by atoms with E-state index < -0.39 is 42.8 Å². The van der Waals surface area contributed by atoms with Crippen molar-refractivity contribution < 1.29 is 40.0 Å². The van der Waals surface area contributed by atoms with Gasteiger partial charge >= 0.3 is 0 Å². The Bertz CT molecular complexity index is 2000. The average molecular weight is 880 g/mol. The van der Waals surface area contributed by atoms with E-state index in [1.807, 2.05) is 19.1 Å². The van der Waals surface area contributed by atoms with Gasteiger partial charge < -0.3 is 19.1 Å². The van der Waals surface area contributed by atoms with Gasteiger partial charge in [0.05, 0.1) is 43.6 Å². The second-order valence-corrected chi connectivity index (χ2v) is 21.9. The van der Waals surface area contributed by atoms with E-state index in [-0.39, 0.29) is 41.8 Å². The number of amides is 1. The van der Waals surface area contributed by atoms with Crippen LogP contribution in [0.2, 0.25) is 0 Å². The lowest BCUT2D eigenvalue weighted by atomic mass is 9.63. The molecule has 13 nitrogen and oxygen atoms in total. The topological polar surface area (TPSA) is 144 Å². The van der Waals surface area contributed by atoms with Crippen LogP contribution in [0.4, 0.5) is 5.69 Å². The average Bonchev–Trinajstić information content (AvgIpc) is 3.20. The van der Waals surface area contributed by atoms with Crippen molar-refractivity contribution in [2.45, 2.75) is 75.7 Å². The van der Waals surface area contributed by atoms with Gasteiger partial charge in [-0.05, 0) is 86.5 Å². The van der Waals surface area contributed by atoms with Crippen LogP contribution >= 0.6 is 11.6 Å². The third-order valence-corrected chi connectivity index (χ3v) is 16.7. The van der Waals surface area contributed by atoms with Crippen LogP contribution in [0.3, 0.4) is 0 Å². The van der Waals surface area contributed by atoms with Gasteiger partial charge in [-0.1, -0.05) is 56.2 Å². The Kier molecular flexibility index (Phi) is 13.9. The fourth-order valence-electron chi connectivity index (χ4n) is 10.2. The maximum absolute atomic E-state index is 14.2. The molecule has 0 radical (unpaired) electrons. The Hall–Kier alpha value is -2.50. The van der Waals surface area contributed by atoms with Crippen LogP contribution in [0.25, 0.3) is 0 Å². The van der Waals surface area contributed by atoms with Gasteiger partial charge in [-0.3, -0.25) is 18.8 Å². The molecule has 1 aromatic rings. The molecular weight excluding hydrogens is 816 g/mol. The van der Waals surface area contributed by atoms with Gasteiger partial charge in [-0.25, -0.2) is 13.1 Å². The highest BCUT2D eigenvalue weighted by molar-refractivity contribution is 7.90. The minimum Gasteiger partial charge on any atom is -0.490 e. The first-order chi connectivity index (χ1) is 28.1. The molecule has 2 unspecified atom stereocenters. The van der Waals surface area contributed by atoms with Crippen LogP contribution in [-0.4, -0.2) is 135 Å². The van der Waals surface area contributed by atoms with E-state index in [1.54, 1.807) is 25.3 Å². The molecule has 2 aliphatic carbocycles. The molecule has 2 bridgehead atoms. The zero-order valence-corrected chi connectivity index (χ0v) is 37.4. The minimum absolute atomic E-state index is 0.126. The Balaban J connectivity index is 1.27. The SMILES string of the molecule is CO[C@@]1(CN2CCN3CCOC[C@@H]3C2)/C=C/C[C@H](C)[C@@H](CCOS(C)(=O)=O)S(=O)(=O)NC(=O)c2ccc3c(c2)N(CCCCC2C=C(Cl)C=CC2(C)CO3)C[C@@H]2CC[C@H]21. The summed E-state index contributed by atoms with van der Waals surface area (Å²) in [5.74, 6) is 0.0187. The van der Waals surface area contributed by atoms with Gasteiger partial charge in [-0.15, -0.1) is 0 Å². The Morgan fingerprint density at radius 1 is 1.07 bits per heavy atom. The number of hydrogen-bond donors (Lipinski definition) is 1. The number of morpholine rings is 1. The molecule has 7 rings (SSSR count). The van der Waals surface area contributed by atoms with Crippen LogP contribution in [0.1, 0.15) is 69.2 Å². The van der Waals surface area contributed by atoms with Gasteiger partial charge in [-0.2, -0.15) is 8.42 Å². The number of methoxy groups -OCH3 is 1. The summed E-state index contributed by atoms with van der Waals surface area (Å²) in [6.07, 6.45) is 16.4. The number of carbonyl (C=O) groups excluding carboxylic acids is 1. The third kappa shape index (κ3) is 10.4. The summed E-state index contributed by atoms with van der Waals surface area (Å²) < 4.78 is 78.8. The lowest BCUT2D eigenvalue weighted by Gasteiger charge is -2.53. The highest BCUT2D eigenvalue weighted by atomic mass is 35.5. The van der Waals surface area contributed by atoms with E-state index in [9.17, 15) is 21.6 Å². The van der Waals surface area contributed by atoms with Crippen LogP contribution in [0, 0.1) is 29.1 Å². The number of nitrogens with zero attached hydrogens (tertiary/aromatic N) is 3. The number of allylic oxidation sites excluding steroid dienone is 4. The molecule has 1 N–H and O–H groups in total. The molecule has 0 spiro atoms. The summed E-state index contributed by atoms with van der Waals surface area (Å²) in [6, 6.07) is 5.50. The largest absolute Gasteiger partial charge is 0.490 e. The second kappa shape index (κ2) is 18.5. The molecule has 16 heteroatoms. The number of piperazine rings is 1. The summed E-state index contributed by atoms with van der Waals surface area (Å²) in [4.78, 5) is 21.3. The summed E-state index contributed by atoms with van der Waals surface area (Å²) in [6.45, 7) is 11.4. The van der Waals surface area contributed by atoms with E-state index >= 15 is 0 Å². The van der Waals surface area contributed by atoms with Crippen molar-refractivity contribution in [1.29, 1.82) is 0 Å². The van der Waals surface area contributed by atoms with Gasteiger partial charge in [0, 0.05) is 75.0 Å². The number of nitrogens with one attached hydrogen (secondary N) is 1. The predicted octanol–water partition coefficient (Wildman–Crippen LogP) is 5.19. The van der Waals surface area contributed by atoms with Crippen molar-refractivity contribution in [2.24, 2.45) is 29.1 Å². The molecule has 59 heavy (non-hydrogen) atoms. The zero-order valence-electron chi connectivity index (χ0n) is 35.0. The molecule has 1 saturated carbocycles. The fraction of sp³-hybridized carbons (Fsp3) is 0.698. The van der Waals surface area contributed by atoms with Crippen LogP contribution in [0.15, 0.2) is 53.6 Å². The standard InChI is InChI=1S/C43H63ClN4O9S2/c1-31-8-7-16-43(54-3,29-46-19-20-47-21-23-55-28-36(47)27-46)37-12-10-33(37)26-48-18-6-5-9-34-25-35(44)14-17-42(34,2)30-56-39-13-11-32(24-38(39)48)41(49)45-59(52,53)40(31)15-22-57-58(4,50)51/h7,11,13-14,16-17,24-25,31,33-34,36-37,40H,5-6,8-10,12,15,18-23,26-30H2,1-4H3,(H,45,49)/b16-7+/t31-,33-,34?,36-,37+,40+,42?,43+/m0/s1. The van der Waals surface area contributed by atoms with E-state index in [2.05, 4.69) is 44.6 Å². The molecule has 4 heterocycles. The fourth-order valence-corrected chi connectivity index (χ4v) is 12.5. The van der Waals surface area contributed by atoms with Crippen molar-refractivity contribution in [3.05, 3.63) is 59.2 Å². The first-order valence-electron chi connectivity index (χ1n) is 21.3. The van der Waals surface area contributed by atoms with Crippen LogP contribution in [-0.2, 0) is 33.8 Å². The molecule has 1 aromatic carbocycles. The monoisotopic (exact) mass is 878 g/mol. The number of rotatable bonds is 7. The van der Waals surface area contributed by atoms with Crippen molar-refractivity contribution >= 4 is 43.3 Å². The van der Waals surface area contributed by atoms with E-state index in [0.29, 0.717) is 38.0 Å². The lowest BCUT2D eigenvalue weighted by Crippen LogP contribution is -2.62. The van der Waals surface area contributed by atoms with E-state index in [0.717, 1.165) is 95.0 Å². The number of ether oxygens (including phenoxy) is 3. The molecule has 0 aromatic heterocycles. The van der Waals surface area contributed by atoms with Crippen LogP contribution < -0.4 is 14.4 Å². The van der Waals surface area contributed by atoms with E-state index in [1.165, 1.54) is 0 Å². The minimum atomic E-state index is -4.31. The maximum atomic E-state index is 14.2. The first-order valence-corrected chi connectivity index (χ1v) is 25.1. The molecule has 328 valence electrons. The summed E-state index contributed by atoms with van der Waals surface area (Å²) >= 11 is 6.51. The number of halogens is 1. The number of sulfonamides is 1. The van der Waals surface area contributed by atoms with Gasteiger partial charge in [0.25, 0.3) is 16.0 Å². The number of anilines is 1. The van der Waals surface area contributed by atoms with E-state index in [4.69, 9.17) is 30.0 Å². The van der Waals surface area contributed by atoms with Crippen molar-refractivity contribution in [2.75, 3.05) is 90.5 Å². The summed E-state index contributed by atoms with van der Waals surface area (Å²) in [5, 5.41) is -0.391. The smallest absolute Gasteiger partial charge is 0.264 e. The number of benzene rings is 1. The third-order valence-electron chi connectivity index (χ3n) is 13.9. The number of hydrogen-bond acceptors (Lipinski definition) is 12. The predicted molar refractivity (Wildman–Crippen MR) is 230 cm³/mol. The zero-order chi connectivity index (χ0) is 42.0. The molecule has 1 amide bonds. The summed E-state index contributed by atoms with van der Waals surface area (Å²) in [7, 11) is -6.34. The molecular formula is C43H63ClN4O9S2. The Morgan fingerprint density at radius 3 is 2.66 bits per heavy atom. The highest BCUT2D eigenvalue weighted by Crippen LogP contribution is 2.48. The Morgan fingerprint density at radius 2 is 1.90 bits per heavy atom. The molecule has 2 saturated heterocycles. The number of carbonyl (C=O) groups is 1. The molecule has 8 atom stereocenters. The summed E-state index contributed by atoms with van der Waals surface area (Å²) in [5.41, 5.74) is -0.00691. The first kappa shape index (κ1) is 44.6. The molecule has 3 fully saturated rings. The quantitative estimate of drug-likeness (QED) is 0.285. The highest BCUT2D eigenvalue weighted by Gasteiger charge is 2.49. The van der Waals surface area contributed by atoms with Gasteiger partial charge in [0.15, 0.2) is 0 Å². The number of fused-ring (bicyclic) bond motifs is 4. The van der Waals surface area contributed by atoms with Crippen molar-refractivity contribution in [3.8, 4) is 5.75 Å². The molecule has 4 aliphatic heterocycles. The van der Waals surface area contributed by atoms with Crippen molar-refractivity contribution in [1.82, 2.24) is 14.5 Å². The molecule has 6 aliphatic rings. The Labute approximate surface area is 356 Å². The lowest BCUT2D eigenvalue weighted by molar-refractivity contribution is -0.108.